The summed E-state index contributed by atoms with van der Waals surface area (Å²) in [5.41, 5.74) is 0.682. The number of rotatable bonds is 6. The molecule has 0 aliphatic rings. The van der Waals surface area contributed by atoms with Gasteiger partial charge in [0, 0.05) is 11.8 Å². The molecule has 1 amide bonds. The number of amides is 1. The molecule has 106 valence electrons. The van der Waals surface area contributed by atoms with Crippen molar-refractivity contribution < 1.29 is 18.9 Å². The fourth-order valence-corrected chi connectivity index (χ4v) is 1.59. The maximum atomic E-state index is 11.8. The lowest BCUT2D eigenvalue weighted by atomic mass is 10.2. The fourth-order valence-electron chi connectivity index (χ4n) is 1.59. The number of nitrogens with one attached hydrogen (secondary N) is 1. The number of carbonyl (C=O) groups excluding carboxylic acids is 1. The molecule has 7 nitrogen and oxygen atoms in total. The summed E-state index contributed by atoms with van der Waals surface area (Å²) in [6.45, 7) is 4.81. The fraction of sp³-hybridized carbons (Fsp3) is 0.308. The second kappa shape index (κ2) is 6.55. The van der Waals surface area contributed by atoms with E-state index < -0.39 is 5.91 Å². The number of hydrogen-bond donors (Lipinski definition) is 1. The molecule has 1 heterocycles. The van der Waals surface area contributed by atoms with Crippen molar-refractivity contribution in [3.8, 4) is 11.5 Å². The Balaban J connectivity index is 2.16. The topological polar surface area (TPSA) is 86.5 Å². The van der Waals surface area contributed by atoms with Gasteiger partial charge in [-0.25, -0.2) is 4.63 Å². The minimum atomic E-state index is -0.405. The molecule has 0 radical (unpaired) electrons. The van der Waals surface area contributed by atoms with Crippen molar-refractivity contribution in [1.82, 2.24) is 10.3 Å². The number of carbonyl (C=O) groups is 1. The lowest BCUT2D eigenvalue weighted by molar-refractivity contribution is 0.101. The van der Waals surface area contributed by atoms with Crippen LogP contribution in [0.5, 0.6) is 11.5 Å². The van der Waals surface area contributed by atoms with E-state index in [9.17, 15) is 4.79 Å². The highest BCUT2D eigenvalue weighted by molar-refractivity contribution is 6.02. The Morgan fingerprint density at radius 3 is 2.65 bits per heavy atom. The Bertz CT molecular complexity index is 569. The maximum absolute atomic E-state index is 11.8. The molecule has 0 atom stereocenters. The summed E-state index contributed by atoms with van der Waals surface area (Å²) in [5, 5.41) is 9.52. The van der Waals surface area contributed by atoms with E-state index in [0.29, 0.717) is 30.4 Å². The number of benzene rings is 1. The van der Waals surface area contributed by atoms with Crippen molar-refractivity contribution in [3.05, 3.63) is 30.1 Å². The third-order valence-corrected chi connectivity index (χ3v) is 2.40. The molecule has 0 aliphatic carbocycles. The van der Waals surface area contributed by atoms with Crippen LogP contribution in [0.25, 0.3) is 0 Å². The van der Waals surface area contributed by atoms with E-state index in [4.69, 9.17) is 9.47 Å². The van der Waals surface area contributed by atoms with Gasteiger partial charge >= 0.3 is 0 Å². The van der Waals surface area contributed by atoms with Gasteiger partial charge < -0.3 is 14.8 Å². The van der Waals surface area contributed by atoms with Crippen LogP contribution in [-0.4, -0.2) is 29.4 Å². The molecule has 7 heteroatoms. The molecule has 2 aromatic rings. The van der Waals surface area contributed by atoms with E-state index >= 15 is 0 Å². The highest BCUT2D eigenvalue weighted by Gasteiger charge is 2.12. The molecule has 0 aliphatic heterocycles. The van der Waals surface area contributed by atoms with Crippen LogP contribution >= 0.6 is 0 Å². The Morgan fingerprint density at radius 1 is 1.25 bits per heavy atom. The summed E-state index contributed by atoms with van der Waals surface area (Å²) in [6, 6.07) is 5.16. The van der Waals surface area contributed by atoms with E-state index in [1.54, 1.807) is 18.2 Å². The van der Waals surface area contributed by atoms with E-state index in [1.807, 2.05) is 13.8 Å². The van der Waals surface area contributed by atoms with Crippen LogP contribution in [0.2, 0.25) is 0 Å². The van der Waals surface area contributed by atoms with Gasteiger partial charge in [-0.15, -0.1) is 0 Å². The Morgan fingerprint density at radius 2 is 2.00 bits per heavy atom. The highest BCUT2D eigenvalue weighted by Crippen LogP contribution is 2.30. The monoisotopic (exact) mass is 277 g/mol. The van der Waals surface area contributed by atoms with Crippen molar-refractivity contribution in [3.63, 3.8) is 0 Å². The van der Waals surface area contributed by atoms with Gasteiger partial charge in [-0.1, -0.05) is 5.16 Å². The van der Waals surface area contributed by atoms with Crippen molar-refractivity contribution in [2.24, 2.45) is 0 Å². The first-order chi connectivity index (χ1) is 9.74. The highest BCUT2D eigenvalue weighted by atomic mass is 16.6. The van der Waals surface area contributed by atoms with Crippen molar-refractivity contribution in [2.75, 3.05) is 18.5 Å². The normalized spacial score (nSPS) is 10.1. The molecule has 20 heavy (non-hydrogen) atoms. The van der Waals surface area contributed by atoms with Crippen LogP contribution < -0.4 is 14.8 Å². The maximum Gasteiger partial charge on any atom is 0.279 e. The van der Waals surface area contributed by atoms with Crippen molar-refractivity contribution >= 4 is 11.6 Å². The summed E-state index contributed by atoms with van der Waals surface area (Å²) >= 11 is 0. The van der Waals surface area contributed by atoms with Gasteiger partial charge in [-0.2, -0.15) is 0 Å². The Kier molecular flexibility index (Phi) is 4.54. The van der Waals surface area contributed by atoms with Gasteiger partial charge in [0.2, 0.25) is 0 Å². The molecule has 2 rings (SSSR count). The standard InChI is InChI=1S/C13H15N3O4/c1-3-18-11-6-5-9(7-12(11)19-4-2)15-13(17)10-8-14-20-16-10/h5-8H,3-4H2,1-2H3,(H,15,17). The van der Waals surface area contributed by atoms with Crippen molar-refractivity contribution in [1.29, 1.82) is 0 Å². The zero-order valence-electron chi connectivity index (χ0n) is 11.3. The van der Waals surface area contributed by atoms with Crippen LogP contribution in [0, 0.1) is 0 Å². The molecule has 0 saturated heterocycles. The third kappa shape index (κ3) is 3.25. The van der Waals surface area contributed by atoms with Crippen LogP contribution in [0.4, 0.5) is 5.69 Å². The summed E-state index contributed by atoms with van der Waals surface area (Å²) in [6.07, 6.45) is 1.24. The molecular weight excluding hydrogens is 262 g/mol. The first-order valence-corrected chi connectivity index (χ1v) is 6.23. The van der Waals surface area contributed by atoms with Gasteiger partial charge in [-0.3, -0.25) is 4.79 Å². The van der Waals surface area contributed by atoms with Crippen LogP contribution in [0.15, 0.2) is 29.0 Å². The SMILES string of the molecule is CCOc1ccc(NC(=O)c2cnon2)cc1OCC. The lowest BCUT2D eigenvalue weighted by Gasteiger charge is -2.12. The molecule has 0 spiro atoms. The van der Waals surface area contributed by atoms with Gasteiger partial charge in [0.15, 0.2) is 17.2 Å². The predicted octanol–water partition coefficient (Wildman–Crippen LogP) is 2.12. The zero-order chi connectivity index (χ0) is 14.4. The van der Waals surface area contributed by atoms with E-state index in [0.717, 1.165) is 0 Å². The molecule has 0 unspecified atom stereocenters. The summed E-state index contributed by atoms with van der Waals surface area (Å²) in [5.74, 6) is 0.804. The molecule has 1 aromatic heterocycles. The first-order valence-electron chi connectivity index (χ1n) is 6.23. The largest absolute Gasteiger partial charge is 0.490 e. The molecular formula is C13H15N3O4. The Labute approximate surface area is 115 Å². The van der Waals surface area contributed by atoms with Gasteiger partial charge in [-0.05, 0) is 31.1 Å². The molecule has 0 saturated carbocycles. The molecule has 1 N–H and O–H groups in total. The Hall–Kier alpha value is -2.57. The number of hydrogen-bond acceptors (Lipinski definition) is 6. The van der Waals surface area contributed by atoms with Gasteiger partial charge in [0.1, 0.15) is 6.20 Å². The summed E-state index contributed by atoms with van der Waals surface area (Å²) in [7, 11) is 0. The second-order valence-electron chi connectivity index (χ2n) is 3.77. The van der Waals surface area contributed by atoms with Gasteiger partial charge in [0.25, 0.3) is 5.91 Å². The number of aromatic nitrogens is 2. The smallest absolute Gasteiger partial charge is 0.279 e. The number of ether oxygens (including phenoxy) is 2. The van der Waals surface area contributed by atoms with Crippen molar-refractivity contribution in [2.45, 2.75) is 13.8 Å². The minimum Gasteiger partial charge on any atom is -0.490 e. The first kappa shape index (κ1) is 13.9. The van der Waals surface area contributed by atoms with Gasteiger partial charge in [0.05, 0.1) is 13.2 Å². The summed E-state index contributed by atoms with van der Waals surface area (Å²) in [4.78, 5) is 11.8. The van der Waals surface area contributed by atoms with E-state index in [2.05, 4.69) is 20.3 Å². The predicted molar refractivity (Wildman–Crippen MR) is 71.0 cm³/mol. The number of nitrogens with zero attached hydrogens (tertiary/aromatic N) is 2. The average molecular weight is 277 g/mol. The second-order valence-corrected chi connectivity index (χ2v) is 3.77. The van der Waals surface area contributed by atoms with E-state index in [1.165, 1.54) is 6.20 Å². The molecule has 0 fully saturated rings. The quantitative estimate of drug-likeness (QED) is 0.870. The lowest BCUT2D eigenvalue weighted by Crippen LogP contribution is -2.12. The van der Waals surface area contributed by atoms with Crippen LogP contribution in [0.3, 0.4) is 0 Å². The summed E-state index contributed by atoms with van der Waals surface area (Å²) < 4.78 is 15.3. The van der Waals surface area contributed by atoms with E-state index in [-0.39, 0.29) is 5.69 Å². The molecule has 1 aromatic carbocycles. The number of anilines is 1. The molecule has 0 bridgehead atoms. The zero-order valence-corrected chi connectivity index (χ0v) is 11.3. The van der Waals surface area contributed by atoms with Crippen LogP contribution in [0.1, 0.15) is 24.3 Å². The minimum absolute atomic E-state index is 0.108. The van der Waals surface area contributed by atoms with Crippen LogP contribution in [-0.2, 0) is 0 Å². The average Bonchev–Trinajstić information content (AvgIpc) is 2.96. The third-order valence-electron chi connectivity index (χ3n) is 2.40.